The molecule has 0 amide bonds. The lowest BCUT2D eigenvalue weighted by Gasteiger charge is -2.02. The number of nitrogens with one attached hydrogen (secondary N) is 1. The van der Waals surface area contributed by atoms with Gasteiger partial charge in [0.05, 0.1) is 0 Å². The fourth-order valence-corrected chi connectivity index (χ4v) is 1.29. The Hall–Kier alpha value is -0.920. The van der Waals surface area contributed by atoms with E-state index in [-0.39, 0.29) is 11.1 Å². The zero-order valence-electron chi connectivity index (χ0n) is 6.65. The number of anilines is 1. The molecule has 0 saturated carbocycles. The van der Waals surface area contributed by atoms with Crippen molar-refractivity contribution in [3.63, 3.8) is 0 Å². The van der Waals surface area contributed by atoms with Crippen LogP contribution in [0.25, 0.3) is 0 Å². The van der Waals surface area contributed by atoms with Crippen molar-refractivity contribution in [2.45, 2.75) is 6.92 Å². The van der Waals surface area contributed by atoms with Crippen LogP contribution in [-0.4, -0.2) is 18.4 Å². The van der Waals surface area contributed by atoms with E-state index in [0.717, 1.165) is 0 Å². The Kier molecular flexibility index (Phi) is 2.69. The fraction of sp³-hybridized carbons (Fsp3) is 0.200. The second-order valence-corrected chi connectivity index (χ2v) is 3.98. The largest absolute Gasteiger partial charge is 0.298 e. The topological polar surface area (TPSA) is 98.0 Å². The molecule has 0 radical (unpaired) electrons. The predicted molar refractivity (Wildman–Crippen MR) is 48.5 cm³/mol. The molecule has 6 nitrogen and oxygen atoms in total. The van der Waals surface area contributed by atoms with E-state index in [1.165, 1.54) is 6.07 Å². The molecule has 72 valence electrons. The predicted octanol–water partition coefficient (Wildman–Crippen LogP) is 0.0538. The van der Waals surface area contributed by atoms with Gasteiger partial charge in [0.1, 0.15) is 5.15 Å². The van der Waals surface area contributed by atoms with Crippen LogP contribution in [0.1, 0.15) is 5.69 Å². The number of aromatic nitrogens is 2. The quantitative estimate of drug-likeness (QED) is 0.691. The van der Waals surface area contributed by atoms with Crippen LogP contribution in [0.5, 0.6) is 0 Å². The van der Waals surface area contributed by atoms with Crippen molar-refractivity contribution in [2.24, 2.45) is 5.14 Å². The molecule has 1 aromatic heterocycles. The van der Waals surface area contributed by atoms with E-state index in [9.17, 15) is 8.42 Å². The summed E-state index contributed by atoms with van der Waals surface area (Å²) >= 11 is 5.55. The Labute approximate surface area is 80.3 Å². The Morgan fingerprint density at radius 3 is 2.62 bits per heavy atom. The lowest BCUT2D eigenvalue weighted by Crippen LogP contribution is -2.23. The highest BCUT2D eigenvalue weighted by Crippen LogP contribution is 2.09. The van der Waals surface area contributed by atoms with Crippen molar-refractivity contribution in [1.82, 2.24) is 9.97 Å². The molecule has 0 aliphatic rings. The number of halogens is 1. The van der Waals surface area contributed by atoms with Gasteiger partial charge in [-0.1, -0.05) is 11.6 Å². The van der Waals surface area contributed by atoms with E-state index in [1.54, 1.807) is 6.92 Å². The van der Waals surface area contributed by atoms with Crippen molar-refractivity contribution in [1.29, 1.82) is 0 Å². The highest BCUT2D eigenvalue weighted by Gasteiger charge is 2.06. The van der Waals surface area contributed by atoms with Gasteiger partial charge in [0.2, 0.25) is 5.95 Å². The number of hydrogen-bond donors (Lipinski definition) is 2. The van der Waals surface area contributed by atoms with Gasteiger partial charge < -0.3 is 0 Å². The summed E-state index contributed by atoms with van der Waals surface area (Å²) in [5.74, 6) is -0.132. The molecule has 3 N–H and O–H groups in total. The number of hydrogen-bond acceptors (Lipinski definition) is 4. The lowest BCUT2D eigenvalue weighted by molar-refractivity contribution is 0.602. The van der Waals surface area contributed by atoms with Gasteiger partial charge in [0.25, 0.3) is 10.2 Å². The second kappa shape index (κ2) is 3.44. The number of nitrogens with two attached hydrogens (primary N) is 1. The van der Waals surface area contributed by atoms with Gasteiger partial charge in [-0.25, -0.2) is 19.8 Å². The first-order chi connectivity index (χ1) is 5.87. The van der Waals surface area contributed by atoms with Gasteiger partial charge in [-0.3, -0.25) is 0 Å². The van der Waals surface area contributed by atoms with Crippen LogP contribution in [-0.2, 0) is 10.2 Å². The highest BCUT2D eigenvalue weighted by molar-refractivity contribution is 7.90. The van der Waals surface area contributed by atoms with E-state index in [1.807, 2.05) is 4.72 Å². The van der Waals surface area contributed by atoms with Gasteiger partial charge in [-0.15, -0.1) is 0 Å². The van der Waals surface area contributed by atoms with Crippen molar-refractivity contribution >= 4 is 27.8 Å². The molecule has 0 spiro atoms. The van der Waals surface area contributed by atoms with Gasteiger partial charge in [-0.05, 0) is 13.0 Å². The molecule has 0 bridgehead atoms. The van der Waals surface area contributed by atoms with Crippen LogP contribution in [0, 0.1) is 6.92 Å². The number of rotatable bonds is 2. The van der Waals surface area contributed by atoms with Crippen LogP contribution < -0.4 is 9.86 Å². The van der Waals surface area contributed by atoms with Crippen molar-refractivity contribution in [3.8, 4) is 0 Å². The minimum atomic E-state index is -3.84. The van der Waals surface area contributed by atoms with Crippen LogP contribution in [0.15, 0.2) is 6.07 Å². The molecule has 0 fully saturated rings. The SMILES string of the molecule is Cc1cc(Cl)nc(NS(N)(=O)=O)n1. The molecule has 0 aliphatic heterocycles. The van der Waals surface area contributed by atoms with Crippen LogP contribution >= 0.6 is 11.6 Å². The average molecular weight is 223 g/mol. The zero-order chi connectivity index (χ0) is 10.1. The molecule has 0 aromatic carbocycles. The standard InChI is InChI=1S/C5H7ClN4O2S/c1-3-2-4(6)9-5(8-3)10-13(7,11)12/h2H,1H3,(H2,7,11,12)(H,8,9,10). The molecule has 1 heterocycles. The molecule has 0 unspecified atom stereocenters. The summed E-state index contributed by atoms with van der Waals surface area (Å²) in [6.45, 7) is 1.65. The summed E-state index contributed by atoms with van der Waals surface area (Å²) in [5.41, 5.74) is 0.547. The summed E-state index contributed by atoms with van der Waals surface area (Å²) in [7, 11) is -3.84. The minimum Gasteiger partial charge on any atom is -0.239 e. The minimum absolute atomic E-state index is 0.132. The molecular weight excluding hydrogens is 216 g/mol. The van der Waals surface area contributed by atoms with Crippen molar-refractivity contribution in [3.05, 3.63) is 16.9 Å². The second-order valence-electron chi connectivity index (χ2n) is 2.30. The maximum Gasteiger partial charge on any atom is 0.298 e. The molecule has 1 rings (SSSR count). The third-order valence-electron chi connectivity index (χ3n) is 1.06. The van der Waals surface area contributed by atoms with E-state index in [4.69, 9.17) is 16.7 Å². The molecule has 0 saturated heterocycles. The maximum atomic E-state index is 10.6. The number of nitrogens with zero attached hydrogens (tertiary/aromatic N) is 2. The summed E-state index contributed by atoms with van der Waals surface area (Å²) < 4.78 is 23.0. The summed E-state index contributed by atoms with van der Waals surface area (Å²) in [4.78, 5) is 7.36. The van der Waals surface area contributed by atoms with Gasteiger partial charge in [0, 0.05) is 5.69 Å². The molecule has 1 aromatic rings. The normalized spacial score (nSPS) is 11.3. The first-order valence-electron chi connectivity index (χ1n) is 3.18. The first kappa shape index (κ1) is 10.2. The molecule has 0 aliphatic carbocycles. The smallest absolute Gasteiger partial charge is 0.239 e. The van der Waals surface area contributed by atoms with Crippen molar-refractivity contribution < 1.29 is 8.42 Å². The lowest BCUT2D eigenvalue weighted by atomic mass is 10.5. The average Bonchev–Trinajstić information content (AvgIpc) is 1.78. The van der Waals surface area contributed by atoms with E-state index >= 15 is 0 Å². The Bertz CT molecular complexity index is 398. The molecule has 13 heavy (non-hydrogen) atoms. The Morgan fingerprint density at radius 2 is 2.15 bits per heavy atom. The van der Waals surface area contributed by atoms with Gasteiger partial charge in [0.15, 0.2) is 0 Å². The molecule has 0 atom stereocenters. The maximum absolute atomic E-state index is 10.6. The van der Waals surface area contributed by atoms with E-state index in [2.05, 4.69) is 9.97 Å². The zero-order valence-corrected chi connectivity index (χ0v) is 8.22. The van der Waals surface area contributed by atoms with Crippen LogP contribution in [0.2, 0.25) is 5.15 Å². The third kappa shape index (κ3) is 3.53. The third-order valence-corrected chi connectivity index (χ3v) is 1.72. The summed E-state index contributed by atoms with van der Waals surface area (Å²) in [6.07, 6.45) is 0. The van der Waals surface area contributed by atoms with Gasteiger partial charge >= 0.3 is 0 Å². The van der Waals surface area contributed by atoms with Crippen LogP contribution in [0.4, 0.5) is 5.95 Å². The first-order valence-corrected chi connectivity index (χ1v) is 5.11. The Morgan fingerprint density at radius 1 is 1.54 bits per heavy atom. The highest BCUT2D eigenvalue weighted by atomic mass is 35.5. The molecular formula is C5H7ClN4O2S. The van der Waals surface area contributed by atoms with E-state index < -0.39 is 10.2 Å². The molecule has 8 heteroatoms. The van der Waals surface area contributed by atoms with Gasteiger partial charge in [-0.2, -0.15) is 8.42 Å². The fourth-order valence-electron chi connectivity index (χ4n) is 0.703. The van der Waals surface area contributed by atoms with Crippen LogP contribution in [0.3, 0.4) is 0 Å². The summed E-state index contributed by atoms with van der Waals surface area (Å²) in [6, 6.07) is 1.50. The van der Waals surface area contributed by atoms with Crippen molar-refractivity contribution in [2.75, 3.05) is 4.72 Å². The number of aryl methyl sites for hydroxylation is 1. The van der Waals surface area contributed by atoms with E-state index in [0.29, 0.717) is 5.69 Å². The monoisotopic (exact) mass is 222 g/mol. The Balaban J connectivity index is 3.03. The summed E-state index contributed by atoms with van der Waals surface area (Å²) in [5, 5.41) is 4.86.